The lowest BCUT2D eigenvalue weighted by molar-refractivity contribution is 0.331. The minimum atomic E-state index is 0.725. The Morgan fingerprint density at radius 2 is 2.05 bits per heavy atom. The van der Waals surface area contributed by atoms with Crippen LogP contribution < -0.4 is 5.32 Å². The van der Waals surface area contributed by atoms with Gasteiger partial charge in [0.15, 0.2) is 0 Å². The molecule has 2 atom stereocenters. The molecule has 1 N–H and O–H groups in total. The van der Waals surface area contributed by atoms with E-state index in [0.29, 0.717) is 0 Å². The second kappa shape index (κ2) is 8.21. The summed E-state index contributed by atoms with van der Waals surface area (Å²) in [5, 5.41) is 4.69. The van der Waals surface area contributed by atoms with Crippen LogP contribution in [0.3, 0.4) is 0 Å². The van der Waals surface area contributed by atoms with Crippen molar-refractivity contribution in [2.75, 3.05) is 31.9 Å². The van der Waals surface area contributed by atoms with Crippen LogP contribution in [0.25, 0.3) is 0 Å². The fourth-order valence-electron chi connectivity index (χ4n) is 3.40. The van der Waals surface area contributed by atoms with Crippen molar-refractivity contribution in [2.45, 2.75) is 43.4 Å². The first-order valence-corrected chi connectivity index (χ1v) is 9.56. The van der Waals surface area contributed by atoms with E-state index in [9.17, 15) is 0 Å². The van der Waals surface area contributed by atoms with Gasteiger partial charge in [-0.15, -0.1) is 0 Å². The molecule has 0 bridgehead atoms. The van der Waals surface area contributed by atoms with E-state index in [1.165, 1.54) is 69.6 Å². The third-order valence-electron chi connectivity index (χ3n) is 4.74. The Labute approximate surface area is 133 Å². The van der Waals surface area contributed by atoms with E-state index in [2.05, 4.69) is 52.3 Å². The lowest BCUT2D eigenvalue weighted by Gasteiger charge is -2.23. The van der Waals surface area contributed by atoms with Crippen molar-refractivity contribution in [2.24, 2.45) is 0 Å². The van der Waals surface area contributed by atoms with E-state index in [-0.39, 0.29) is 0 Å². The highest BCUT2D eigenvalue weighted by Crippen LogP contribution is 2.24. The number of nitrogens with zero attached hydrogens (tertiary/aromatic N) is 1. The summed E-state index contributed by atoms with van der Waals surface area (Å²) in [6.45, 7) is 4.94. The molecule has 2 unspecified atom stereocenters. The number of rotatable bonds is 6. The van der Waals surface area contributed by atoms with Crippen molar-refractivity contribution in [1.82, 2.24) is 10.2 Å². The number of likely N-dealkylation sites (tertiary alicyclic amines) is 1. The topological polar surface area (TPSA) is 15.3 Å². The molecule has 3 heteroatoms. The van der Waals surface area contributed by atoms with Crippen LogP contribution in [0.4, 0.5) is 0 Å². The van der Waals surface area contributed by atoms with Crippen molar-refractivity contribution >= 4 is 11.8 Å². The maximum Gasteiger partial charge on any atom is 0.0207 e. The molecule has 0 amide bonds. The molecule has 2 heterocycles. The van der Waals surface area contributed by atoms with Crippen LogP contribution in [0.15, 0.2) is 30.3 Å². The molecule has 2 nitrogen and oxygen atoms in total. The Morgan fingerprint density at radius 1 is 1.14 bits per heavy atom. The SMILES string of the molecule is c1ccc(CCN2CCC(NCC3CCCCS3)C2)cc1. The van der Waals surface area contributed by atoms with Crippen molar-refractivity contribution in [3.63, 3.8) is 0 Å². The summed E-state index contributed by atoms with van der Waals surface area (Å²) in [5.74, 6) is 1.38. The first kappa shape index (κ1) is 15.4. The van der Waals surface area contributed by atoms with Gasteiger partial charge in [-0.25, -0.2) is 0 Å². The van der Waals surface area contributed by atoms with Gasteiger partial charge in [-0.3, -0.25) is 0 Å². The molecular weight excluding hydrogens is 276 g/mol. The van der Waals surface area contributed by atoms with Crippen molar-refractivity contribution in [1.29, 1.82) is 0 Å². The number of benzene rings is 1. The van der Waals surface area contributed by atoms with Crippen molar-refractivity contribution < 1.29 is 0 Å². The van der Waals surface area contributed by atoms with E-state index in [1.54, 1.807) is 0 Å². The summed E-state index contributed by atoms with van der Waals surface area (Å²) >= 11 is 2.18. The molecule has 2 saturated heterocycles. The van der Waals surface area contributed by atoms with E-state index < -0.39 is 0 Å². The molecule has 21 heavy (non-hydrogen) atoms. The smallest absolute Gasteiger partial charge is 0.0207 e. The fourth-order valence-corrected chi connectivity index (χ4v) is 4.65. The van der Waals surface area contributed by atoms with Crippen LogP contribution >= 0.6 is 11.8 Å². The summed E-state index contributed by atoms with van der Waals surface area (Å²) in [7, 11) is 0. The van der Waals surface area contributed by atoms with Crippen LogP contribution in [0.1, 0.15) is 31.2 Å². The van der Waals surface area contributed by atoms with Gasteiger partial charge in [-0.05, 0) is 43.5 Å². The molecule has 3 rings (SSSR count). The standard InChI is InChI=1S/C18H28N2S/c1-2-6-16(7-3-1)9-11-20-12-10-17(15-20)19-14-18-8-4-5-13-21-18/h1-3,6-7,17-19H,4-5,8-15H2. The van der Waals surface area contributed by atoms with Crippen LogP contribution in [0.2, 0.25) is 0 Å². The predicted molar refractivity (Wildman–Crippen MR) is 93.1 cm³/mol. The van der Waals surface area contributed by atoms with Gasteiger partial charge < -0.3 is 10.2 Å². The van der Waals surface area contributed by atoms with Gasteiger partial charge in [0.05, 0.1) is 0 Å². The minimum Gasteiger partial charge on any atom is -0.312 e. The molecule has 0 radical (unpaired) electrons. The molecule has 2 aliphatic rings. The zero-order valence-electron chi connectivity index (χ0n) is 13.0. The molecule has 0 aromatic heterocycles. The van der Waals surface area contributed by atoms with E-state index in [1.807, 2.05) is 0 Å². The van der Waals surface area contributed by atoms with Crippen LogP contribution in [0.5, 0.6) is 0 Å². The zero-order valence-corrected chi connectivity index (χ0v) is 13.8. The Kier molecular flexibility index (Phi) is 6.02. The molecule has 0 spiro atoms. The quantitative estimate of drug-likeness (QED) is 0.869. The number of hydrogen-bond donors (Lipinski definition) is 1. The van der Waals surface area contributed by atoms with Crippen LogP contribution in [0, 0.1) is 0 Å². The van der Waals surface area contributed by atoms with Gasteiger partial charge >= 0.3 is 0 Å². The molecule has 0 aliphatic carbocycles. The highest BCUT2D eigenvalue weighted by molar-refractivity contribution is 7.99. The second-order valence-corrected chi connectivity index (χ2v) is 7.83. The van der Waals surface area contributed by atoms with Gasteiger partial charge in [0.25, 0.3) is 0 Å². The highest BCUT2D eigenvalue weighted by atomic mass is 32.2. The Hall–Kier alpha value is -0.510. The Balaban J connectivity index is 1.33. The molecule has 1 aromatic carbocycles. The summed E-state index contributed by atoms with van der Waals surface area (Å²) in [6.07, 6.45) is 6.80. The van der Waals surface area contributed by atoms with Crippen molar-refractivity contribution in [3.05, 3.63) is 35.9 Å². The maximum atomic E-state index is 3.82. The predicted octanol–water partition coefficient (Wildman–Crippen LogP) is 3.18. The normalized spacial score (nSPS) is 27.0. The summed E-state index contributed by atoms with van der Waals surface area (Å²) < 4.78 is 0. The number of nitrogens with one attached hydrogen (secondary N) is 1. The second-order valence-electron chi connectivity index (χ2n) is 6.42. The van der Waals surface area contributed by atoms with Crippen molar-refractivity contribution in [3.8, 4) is 0 Å². The zero-order chi connectivity index (χ0) is 14.3. The highest BCUT2D eigenvalue weighted by Gasteiger charge is 2.23. The molecule has 0 saturated carbocycles. The van der Waals surface area contributed by atoms with Gasteiger partial charge in [0.2, 0.25) is 0 Å². The van der Waals surface area contributed by atoms with E-state index in [4.69, 9.17) is 0 Å². The van der Waals surface area contributed by atoms with Gasteiger partial charge in [-0.2, -0.15) is 11.8 Å². The average molecular weight is 305 g/mol. The van der Waals surface area contributed by atoms with E-state index in [0.717, 1.165) is 11.3 Å². The summed E-state index contributed by atoms with van der Waals surface area (Å²) in [4.78, 5) is 2.62. The summed E-state index contributed by atoms with van der Waals surface area (Å²) in [5.41, 5.74) is 1.47. The molecule has 1 aromatic rings. The Bertz CT molecular complexity index is 403. The fraction of sp³-hybridized carbons (Fsp3) is 0.667. The third kappa shape index (κ3) is 5.01. The minimum absolute atomic E-state index is 0.725. The maximum absolute atomic E-state index is 3.82. The van der Waals surface area contributed by atoms with Gasteiger partial charge in [0.1, 0.15) is 0 Å². The lowest BCUT2D eigenvalue weighted by atomic mass is 10.1. The first-order valence-electron chi connectivity index (χ1n) is 8.51. The lowest BCUT2D eigenvalue weighted by Crippen LogP contribution is -2.37. The Morgan fingerprint density at radius 3 is 2.86 bits per heavy atom. The third-order valence-corrected chi connectivity index (χ3v) is 6.14. The van der Waals surface area contributed by atoms with E-state index >= 15 is 0 Å². The van der Waals surface area contributed by atoms with Gasteiger partial charge in [-0.1, -0.05) is 36.8 Å². The molecular formula is C18H28N2S. The summed E-state index contributed by atoms with van der Waals surface area (Å²) in [6, 6.07) is 11.6. The molecule has 2 fully saturated rings. The molecule has 116 valence electrons. The van der Waals surface area contributed by atoms with Crippen LogP contribution in [-0.2, 0) is 6.42 Å². The first-order chi connectivity index (χ1) is 10.4. The average Bonchev–Trinajstić information content (AvgIpc) is 3.01. The largest absolute Gasteiger partial charge is 0.312 e. The number of thioether (sulfide) groups is 1. The monoisotopic (exact) mass is 304 g/mol. The molecule has 2 aliphatic heterocycles. The van der Waals surface area contributed by atoms with Crippen LogP contribution in [-0.4, -0.2) is 48.1 Å². The number of hydrogen-bond acceptors (Lipinski definition) is 3. The van der Waals surface area contributed by atoms with Gasteiger partial charge in [0, 0.05) is 30.9 Å².